The van der Waals surface area contributed by atoms with Crippen molar-refractivity contribution in [3.63, 3.8) is 0 Å². The molecule has 2 aromatic rings. The van der Waals surface area contributed by atoms with E-state index in [1.165, 1.54) is 0 Å². The minimum absolute atomic E-state index is 0.152. The van der Waals surface area contributed by atoms with Gasteiger partial charge >= 0.3 is 0 Å². The first kappa shape index (κ1) is 12.5. The van der Waals surface area contributed by atoms with Crippen molar-refractivity contribution in [2.24, 2.45) is 0 Å². The maximum Gasteiger partial charge on any atom is 0.256 e. The Morgan fingerprint density at radius 3 is 2.88 bits per heavy atom. The van der Waals surface area contributed by atoms with E-state index in [9.17, 15) is 0 Å². The molecule has 0 bridgehead atoms. The predicted molar refractivity (Wildman–Crippen MR) is 73.5 cm³/mol. The van der Waals surface area contributed by atoms with Crippen LogP contribution in [0.5, 0.6) is 0 Å². The number of halogens is 2. The Balaban J connectivity index is 2.31. The maximum absolute atomic E-state index is 5.84. The van der Waals surface area contributed by atoms with E-state index >= 15 is 0 Å². The zero-order chi connectivity index (χ0) is 12.3. The molecule has 2 rings (SSSR count). The van der Waals surface area contributed by atoms with Crippen LogP contribution >= 0.6 is 34.2 Å². The standard InChI is InChI=1S/C9H10ClIN6/c1-2-3-12-8-14-7(10)15-9(16-8)17-5-6(11)4-13-17/h4-5H,2-3H2,1H3,(H,12,14,15,16). The Labute approximate surface area is 117 Å². The molecule has 2 heterocycles. The fraction of sp³-hybridized carbons (Fsp3) is 0.333. The van der Waals surface area contributed by atoms with Gasteiger partial charge in [0.05, 0.1) is 9.77 Å². The molecule has 0 aliphatic carbocycles. The van der Waals surface area contributed by atoms with Crippen LogP contribution in [0.15, 0.2) is 12.4 Å². The van der Waals surface area contributed by atoms with Gasteiger partial charge in [-0.05, 0) is 40.6 Å². The Hall–Kier alpha value is -0.960. The van der Waals surface area contributed by atoms with E-state index in [1.807, 2.05) is 6.20 Å². The molecule has 0 fully saturated rings. The molecule has 17 heavy (non-hydrogen) atoms. The topological polar surface area (TPSA) is 68.5 Å². The minimum atomic E-state index is 0.152. The molecule has 0 amide bonds. The smallest absolute Gasteiger partial charge is 0.256 e. The van der Waals surface area contributed by atoms with Crippen molar-refractivity contribution in [3.05, 3.63) is 21.2 Å². The van der Waals surface area contributed by atoms with Crippen LogP contribution in [-0.2, 0) is 0 Å². The molecule has 0 saturated carbocycles. The molecule has 90 valence electrons. The molecule has 0 radical (unpaired) electrons. The number of rotatable bonds is 4. The zero-order valence-electron chi connectivity index (χ0n) is 9.06. The molecule has 0 aliphatic heterocycles. The van der Waals surface area contributed by atoms with Crippen LogP contribution in [0.25, 0.3) is 5.95 Å². The van der Waals surface area contributed by atoms with Gasteiger partial charge in [-0.15, -0.1) is 0 Å². The molecule has 0 atom stereocenters. The van der Waals surface area contributed by atoms with Crippen molar-refractivity contribution in [2.45, 2.75) is 13.3 Å². The quantitative estimate of drug-likeness (QED) is 0.842. The van der Waals surface area contributed by atoms with Crippen molar-refractivity contribution in [1.29, 1.82) is 0 Å². The summed E-state index contributed by atoms with van der Waals surface area (Å²) >= 11 is 8.00. The minimum Gasteiger partial charge on any atom is -0.354 e. The highest BCUT2D eigenvalue weighted by Crippen LogP contribution is 2.10. The number of hydrogen-bond acceptors (Lipinski definition) is 5. The summed E-state index contributed by atoms with van der Waals surface area (Å²) in [5.74, 6) is 0.874. The zero-order valence-corrected chi connectivity index (χ0v) is 12.0. The monoisotopic (exact) mass is 364 g/mol. The van der Waals surface area contributed by atoms with Crippen molar-refractivity contribution < 1.29 is 0 Å². The summed E-state index contributed by atoms with van der Waals surface area (Å²) in [6.07, 6.45) is 4.52. The normalized spacial score (nSPS) is 10.5. The first-order valence-corrected chi connectivity index (χ1v) is 6.50. The van der Waals surface area contributed by atoms with Crippen LogP contribution in [-0.4, -0.2) is 31.3 Å². The van der Waals surface area contributed by atoms with Crippen LogP contribution in [0.4, 0.5) is 5.95 Å². The van der Waals surface area contributed by atoms with Crippen LogP contribution in [0, 0.1) is 3.57 Å². The SMILES string of the molecule is CCCNc1nc(Cl)nc(-n2cc(I)cn2)n1. The highest BCUT2D eigenvalue weighted by molar-refractivity contribution is 14.1. The van der Waals surface area contributed by atoms with Crippen molar-refractivity contribution in [2.75, 3.05) is 11.9 Å². The average Bonchev–Trinajstić information content (AvgIpc) is 2.72. The third kappa shape index (κ3) is 3.25. The van der Waals surface area contributed by atoms with E-state index in [0.717, 1.165) is 16.5 Å². The van der Waals surface area contributed by atoms with E-state index in [-0.39, 0.29) is 5.28 Å². The Morgan fingerprint density at radius 2 is 2.24 bits per heavy atom. The highest BCUT2D eigenvalue weighted by atomic mass is 127. The van der Waals surface area contributed by atoms with Gasteiger partial charge in [0.25, 0.3) is 5.95 Å². The molecular weight excluding hydrogens is 354 g/mol. The van der Waals surface area contributed by atoms with E-state index in [2.05, 4.69) is 54.9 Å². The number of hydrogen-bond donors (Lipinski definition) is 1. The molecule has 8 heteroatoms. The molecule has 0 saturated heterocycles. The number of aromatic nitrogens is 5. The first-order chi connectivity index (χ1) is 8.19. The van der Waals surface area contributed by atoms with Crippen LogP contribution < -0.4 is 5.32 Å². The third-order valence-electron chi connectivity index (χ3n) is 1.89. The lowest BCUT2D eigenvalue weighted by molar-refractivity contribution is 0.793. The fourth-order valence-electron chi connectivity index (χ4n) is 1.17. The molecule has 0 spiro atoms. The van der Waals surface area contributed by atoms with Gasteiger partial charge in [-0.2, -0.15) is 20.1 Å². The van der Waals surface area contributed by atoms with Gasteiger partial charge < -0.3 is 5.32 Å². The Morgan fingerprint density at radius 1 is 1.41 bits per heavy atom. The highest BCUT2D eigenvalue weighted by Gasteiger charge is 2.07. The van der Waals surface area contributed by atoms with E-state index in [4.69, 9.17) is 11.6 Å². The third-order valence-corrected chi connectivity index (χ3v) is 2.61. The van der Waals surface area contributed by atoms with E-state index < -0.39 is 0 Å². The molecule has 6 nitrogen and oxygen atoms in total. The van der Waals surface area contributed by atoms with Gasteiger partial charge in [0.15, 0.2) is 0 Å². The lowest BCUT2D eigenvalue weighted by Crippen LogP contribution is -2.09. The molecule has 0 unspecified atom stereocenters. The second kappa shape index (κ2) is 5.58. The second-order valence-electron chi connectivity index (χ2n) is 3.26. The number of anilines is 1. The summed E-state index contributed by atoms with van der Waals surface area (Å²) in [6, 6.07) is 0. The molecule has 0 aliphatic rings. The van der Waals surface area contributed by atoms with E-state index in [0.29, 0.717) is 11.9 Å². The van der Waals surface area contributed by atoms with E-state index in [1.54, 1.807) is 10.9 Å². The van der Waals surface area contributed by atoms with Gasteiger partial charge in [-0.3, -0.25) is 0 Å². The lowest BCUT2D eigenvalue weighted by atomic mass is 10.5. The second-order valence-corrected chi connectivity index (χ2v) is 4.84. The fourth-order valence-corrected chi connectivity index (χ4v) is 1.71. The lowest BCUT2D eigenvalue weighted by Gasteiger charge is -2.05. The molecule has 1 N–H and O–H groups in total. The Kier molecular flexibility index (Phi) is 4.11. The average molecular weight is 365 g/mol. The van der Waals surface area contributed by atoms with Crippen molar-refractivity contribution >= 4 is 40.1 Å². The summed E-state index contributed by atoms with van der Waals surface area (Å²) in [7, 11) is 0. The molecule has 2 aromatic heterocycles. The van der Waals surface area contributed by atoms with Crippen LogP contribution in [0.3, 0.4) is 0 Å². The van der Waals surface area contributed by atoms with Gasteiger partial charge in [0.1, 0.15) is 0 Å². The van der Waals surface area contributed by atoms with Gasteiger partial charge in [0, 0.05) is 12.7 Å². The van der Waals surface area contributed by atoms with Crippen LogP contribution in [0.2, 0.25) is 5.28 Å². The summed E-state index contributed by atoms with van der Waals surface area (Å²) in [5.41, 5.74) is 0. The van der Waals surface area contributed by atoms with Gasteiger partial charge in [-0.1, -0.05) is 6.92 Å². The van der Waals surface area contributed by atoms with Gasteiger partial charge in [0.2, 0.25) is 11.2 Å². The van der Waals surface area contributed by atoms with Crippen LogP contribution in [0.1, 0.15) is 13.3 Å². The summed E-state index contributed by atoms with van der Waals surface area (Å²) < 4.78 is 2.56. The number of nitrogens with one attached hydrogen (secondary N) is 1. The first-order valence-electron chi connectivity index (χ1n) is 5.05. The summed E-state index contributed by atoms with van der Waals surface area (Å²) in [6.45, 7) is 2.85. The Bertz CT molecular complexity index is 514. The largest absolute Gasteiger partial charge is 0.354 e. The van der Waals surface area contributed by atoms with Crippen molar-refractivity contribution in [1.82, 2.24) is 24.7 Å². The predicted octanol–water partition coefficient (Wildman–Crippen LogP) is 2.14. The van der Waals surface area contributed by atoms with Crippen molar-refractivity contribution in [3.8, 4) is 5.95 Å². The summed E-state index contributed by atoms with van der Waals surface area (Å²) in [4.78, 5) is 12.3. The molecule has 0 aromatic carbocycles. The number of nitrogens with zero attached hydrogens (tertiary/aromatic N) is 5. The molecular formula is C9H10ClIN6. The summed E-state index contributed by atoms with van der Waals surface area (Å²) in [5, 5.41) is 7.33. The van der Waals surface area contributed by atoms with Gasteiger partial charge in [-0.25, -0.2) is 4.68 Å². The maximum atomic E-state index is 5.84.